The van der Waals surface area contributed by atoms with Gasteiger partial charge in [-0.3, -0.25) is 14.4 Å². The third kappa shape index (κ3) is 4.04. The van der Waals surface area contributed by atoms with Crippen molar-refractivity contribution < 1.29 is 14.2 Å². The minimum Gasteiger partial charge on any atom is -0.335 e. The molecule has 146 valence electrons. The van der Waals surface area contributed by atoms with Gasteiger partial charge in [-0.2, -0.15) is 0 Å². The van der Waals surface area contributed by atoms with E-state index in [0.29, 0.717) is 22.5 Å². The Kier molecular flexibility index (Phi) is 5.09. The summed E-state index contributed by atoms with van der Waals surface area (Å²) in [5, 5.41) is 11.1. The van der Waals surface area contributed by atoms with Gasteiger partial charge in [0.05, 0.1) is 11.4 Å². The molecule has 4 N–H and O–H groups in total. The molecule has 0 spiro atoms. The molecule has 0 bridgehead atoms. The highest BCUT2D eigenvalue weighted by atomic mass is 31.2. The second kappa shape index (κ2) is 7.68. The van der Waals surface area contributed by atoms with Gasteiger partial charge in [-0.25, -0.2) is 4.79 Å². The average Bonchev–Trinajstić information content (AvgIpc) is 3.03. The summed E-state index contributed by atoms with van der Waals surface area (Å²) in [5.74, 6) is -0.116. The second-order valence-electron chi connectivity index (χ2n) is 7.21. The van der Waals surface area contributed by atoms with Crippen LogP contribution in [0.4, 0.5) is 16.2 Å². The number of benzene rings is 2. The molecule has 8 heteroatoms. The van der Waals surface area contributed by atoms with Crippen molar-refractivity contribution in [1.82, 2.24) is 10.4 Å². The number of nitrogens with one attached hydrogen (secondary N) is 4. The molecule has 2 aliphatic rings. The lowest BCUT2D eigenvalue weighted by Crippen LogP contribution is -2.42. The molecule has 7 nitrogen and oxygen atoms in total. The Morgan fingerprint density at radius 2 is 1.61 bits per heavy atom. The van der Waals surface area contributed by atoms with Gasteiger partial charge in [-0.1, -0.05) is 49.6 Å². The number of ketones is 1. The first-order valence-corrected chi connectivity index (χ1v) is 11.2. The Bertz CT molecular complexity index is 942. The van der Waals surface area contributed by atoms with E-state index < -0.39 is 13.6 Å². The number of hydrogen-bond donors (Lipinski definition) is 4. The molecule has 1 aliphatic heterocycles. The van der Waals surface area contributed by atoms with Gasteiger partial charge in [0, 0.05) is 17.2 Å². The van der Waals surface area contributed by atoms with Crippen molar-refractivity contribution in [2.45, 2.75) is 38.1 Å². The van der Waals surface area contributed by atoms with Crippen molar-refractivity contribution in [2.24, 2.45) is 0 Å². The number of carbonyl (C=O) groups is 2. The minimum atomic E-state index is -3.37. The molecule has 28 heavy (non-hydrogen) atoms. The third-order valence-electron chi connectivity index (χ3n) is 5.07. The van der Waals surface area contributed by atoms with E-state index in [1.54, 1.807) is 30.3 Å². The average molecular weight is 398 g/mol. The van der Waals surface area contributed by atoms with E-state index in [1.807, 2.05) is 18.2 Å². The fourth-order valence-electron chi connectivity index (χ4n) is 3.66. The lowest BCUT2D eigenvalue weighted by atomic mass is 9.96. The quantitative estimate of drug-likeness (QED) is 0.449. The van der Waals surface area contributed by atoms with Crippen LogP contribution in [0.5, 0.6) is 0 Å². The number of anilines is 2. The Morgan fingerprint density at radius 3 is 2.36 bits per heavy atom. The molecule has 1 atom stereocenters. The van der Waals surface area contributed by atoms with Crippen LogP contribution in [0.25, 0.3) is 0 Å². The van der Waals surface area contributed by atoms with Crippen LogP contribution in [0.3, 0.4) is 0 Å². The van der Waals surface area contributed by atoms with Crippen molar-refractivity contribution in [3.8, 4) is 0 Å². The summed E-state index contributed by atoms with van der Waals surface area (Å²) in [7, 11) is -3.37. The van der Waals surface area contributed by atoms with E-state index in [2.05, 4.69) is 20.6 Å². The molecule has 2 amide bonds. The van der Waals surface area contributed by atoms with Crippen LogP contribution in [-0.2, 0) is 4.57 Å². The summed E-state index contributed by atoms with van der Waals surface area (Å²) >= 11 is 0. The van der Waals surface area contributed by atoms with E-state index in [1.165, 1.54) is 6.42 Å². The lowest BCUT2D eigenvalue weighted by Gasteiger charge is -2.24. The molecule has 1 fully saturated rings. The summed E-state index contributed by atoms with van der Waals surface area (Å²) in [6, 6.07) is 13.7. The maximum atomic E-state index is 13.0. The first-order valence-electron chi connectivity index (χ1n) is 9.52. The standard InChI is InChI=1S/C20H23N4O3P/c25-19(14-7-3-1-4-8-14)15-11-12-17-18(13-15)23-28(27,22-17)24-20(26)21-16-9-5-2-6-10-16/h1,3-4,7-8,11-13,16H,2,5-6,9-10H2,(H4,21,22,23,24,26,27). The smallest absolute Gasteiger partial charge is 0.335 e. The van der Waals surface area contributed by atoms with E-state index >= 15 is 0 Å². The number of carbonyl (C=O) groups excluding carboxylic acids is 2. The highest BCUT2D eigenvalue weighted by molar-refractivity contribution is 7.66. The molecule has 1 unspecified atom stereocenters. The van der Waals surface area contributed by atoms with Crippen molar-refractivity contribution in [2.75, 3.05) is 10.2 Å². The SMILES string of the molecule is O=C(NC1CCCCC1)NP1(=O)Nc2ccc(C(=O)c3ccccc3)cc2N1. The normalized spacial score (nSPS) is 21.1. The maximum Gasteiger partial charge on any atom is 0.356 e. The molecule has 0 radical (unpaired) electrons. The van der Waals surface area contributed by atoms with Gasteiger partial charge < -0.3 is 15.5 Å². The lowest BCUT2D eigenvalue weighted by molar-refractivity contribution is 0.103. The highest BCUT2D eigenvalue weighted by Crippen LogP contribution is 2.51. The first kappa shape index (κ1) is 18.6. The van der Waals surface area contributed by atoms with E-state index in [-0.39, 0.29) is 11.8 Å². The van der Waals surface area contributed by atoms with Crippen LogP contribution in [0.2, 0.25) is 0 Å². The Balaban J connectivity index is 1.43. The Hall–Kier alpha value is -2.79. The van der Waals surface area contributed by atoms with Crippen molar-refractivity contribution in [3.63, 3.8) is 0 Å². The number of hydrogen-bond acceptors (Lipinski definition) is 3. The van der Waals surface area contributed by atoms with E-state index in [9.17, 15) is 14.2 Å². The zero-order valence-corrected chi connectivity index (χ0v) is 16.3. The van der Waals surface area contributed by atoms with Crippen LogP contribution in [-0.4, -0.2) is 17.9 Å². The molecule has 1 aliphatic carbocycles. The summed E-state index contributed by atoms with van der Waals surface area (Å²) in [6.45, 7) is 0. The number of rotatable bonds is 4. The molecule has 0 aromatic heterocycles. The summed E-state index contributed by atoms with van der Waals surface area (Å²) in [5.41, 5.74) is 2.19. The molecule has 1 saturated carbocycles. The van der Waals surface area contributed by atoms with Gasteiger partial charge in [0.1, 0.15) is 0 Å². The molecule has 0 saturated heterocycles. The fraction of sp³-hybridized carbons (Fsp3) is 0.300. The summed E-state index contributed by atoms with van der Waals surface area (Å²) < 4.78 is 13.0. The zero-order valence-electron chi connectivity index (χ0n) is 15.4. The van der Waals surface area contributed by atoms with Crippen molar-refractivity contribution in [3.05, 3.63) is 59.7 Å². The highest BCUT2D eigenvalue weighted by Gasteiger charge is 2.33. The van der Waals surface area contributed by atoms with Crippen LogP contribution in [0.15, 0.2) is 48.5 Å². The minimum absolute atomic E-state index is 0.116. The molecule has 1 heterocycles. The largest absolute Gasteiger partial charge is 0.356 e. The van der Waals surface area contributed by atoms with Crippen LogP contribution < -0.4 is 20.6 Å². The van der Waals surface area contributed by atoms with Gasteiger partial charge in [-0.05, 0) is 31.0 Å². The van der Waals surface area contributed by atoms with Gasteiger partial charge in [0.2, 0.25) is 0 Å². The van der Waals surface area contributed by atoms with Crippen LogP contribution >= 0.6 is 7.59 Å². The van der Waals surface area contributed by atoms with Crippen LogP contribution in [0, 0.1) is 0 Å². The second-order valence-corrected chi connectivity index (χ2v) is 9.10. The molecule has 2 aromatic carbocycles. The van der Waals surface area contributed by atoms with Crippen LogP contribution in [0.1, 0.15) is 48.0 Å². The topological polar surface area (TPSA) is 99.3 Å². The third-order valence-corrected chi connectivity index (χ3v) is 6.70. The predicted octanol–water partition coefficient (Wildman–Crippen LogP) is 4.50. The van der Waals surface area contributed by atoms with E-state index in [0.717, 1.165) is 25.7 Å². The monoisotopic (exact) mass is 398 g/mol. The van der Waals surface area contributed by atoms with Gasteiger partial charge >= 0.3 is 13.6 Å². The van der Waals surface area contributed by atoms with Crippen molar-refractivity contribution in [1.29, 1.82) is 0 Å². The van der Waals surface area contributed by atoms with Crippen molar-refractivity contribution >= 4 is 30.8 Å². The fourth-order valence-corrected chi connectivity index (χ4v) is 5.24. The number of fused-ring (bicyclic) bond motifs is 1. The summed E-state index contributed by atoms with van der Waals surface area (Å²) in [4.78, 5) is 24.9. The molecular formula is C20H23N4O3P. The Labute approximate surface area is 163 Å². The molecule has 4 rings (SSSR count). The number of urea groups is 1. The maximum absolute atomic E-state index is 13.0. The van der Waals surface area contributed by atoms with E-state index in [4.69, 9.17) is 0 Å². The Morgan fingerprint density at radius 1 is 0.893 bits per heavy atom. The zero-order chi connectivity index (χ0) is 19.6. The van der Waals surface area contributed by atoms with Gasteiger partial charge in [0.15, 0.2) is 5.78 Å². The summed E-state index contributed by atoms with van der Waals surface area (Å²) in [6.07, 6.45) is 5.29. The predicted molar refractivity (Wildman–Crippen MR) is 110 cm³/mol. The molecule has 2 aromatic rings. The molecular weight excluding hydrogens is 375 g/mol. The van der Waals surface area contributed by atoms with Gasteiger partial charge in [-0.15, -0.1) is 0 Å². The van der Waals surface area contributed by atoms with Gasteiger partial charge in [0.25, 0.3) is 0 Å². The first-order chi connectivity index (χ1) is 13.5. The number of amides is 2.